The first kappa shape index (κ1) is 18.5. The van der Waals surface area contributed by atoms with E-state index in [1.807, 2.05) is 43.3 Å². The molecule has 2 aromatic heterocycles. The standard InChI is InChI=1S/C20H15Cl2N3O3/c1-11-3-8-14-15(21)9-16(22)19(18(14)23-11)27-10-17-24-25-20(28-17)12-4-6-13(26-2)7-5-12/h3-9H,10H2,1-2H3. The Morgan fingerprint density at radius 3 is 2.54 bits per heavy atom. The quantitative estimate of drug-likeness (QED) is 0.429. The van der Waals surface area contributed by atoms with Crippen LogP contribution in [0, 0.1) is 6.92 Å². The minimum atomic E-state index is 0.0508. The Hall–Kier alpha value is -2.83. The van der Waals surface area contributed by atoms with E-state index in [-0.39, 0.29) is 6.61 Å². The summed E-state index contributed by atoms with van der Waals surface area (Å²) in [4.78, 5) is 4.51. The zero-order valence-corrected chi connectivity index (χ0v) is 16.6. The van der Waals surface area contributed by atoms with E-state index in [1.54, 1.807) is 13.2 Å². The summed E-state index contributed by atoms with van der Waals surface area (Å²) in [5.74, 6) is 1.88. The fraction of sp³-hybridized carbons (Fsp3) is 0.150. The summed E-state index contributed by atoms with van der Waals surface area (Å²) in [6, 6.07) is 12.7. The van der Waals surface area contributed by atoms with Gasteiger partial charge in [0.1, 0.15) is 11.3 Å². The van der Waals surface area contributed by atoms with Crippen LogP contribution in [0.2, 0.25) is 10.0 Å². The molecule has 2 aromatic carbocycles. The molecular formula is C20H15Cl2N3O3. The average molecular weight is 416 g/mol. The third-order valence-corrected chi connectivity index (χ3v) is 4.71. The first-order valence-electron chi connectivity index (χ1n) is 8.40. The van der Waals surface area contributed by atoms with Gasteiger partial charge in [-0.05, 0) is 49.4 Å². The van der Waals surface area contributed by atoms with Gasteiger partial charge in [-0.15, -0.1) is 10.2 Å². The van der Waals surface area contributed by atoms with Crippen LogP contribution in [-0.2, 0) is 6.61 Å². The Bertz CT molecular complexity index is 1140. The SMILES string of the molecule is COc1ccc(-c2nnc(COc3c(Cl)cc(Cl)c4ccc(C)nc34)o2)cc1. The largest absolute Gasteiger partial charge is 0.497 e. The summed E-state index contributed by atoms with van der Waals surface area (Å²) in [5, 5.41) is 9.73. The number of aryl methyl sites for hydroxylation is 1. The molecule has 8 heteroatoms. The molecule has 28 heavy (non-hydrogen) atoms. The summed E-state index contributed by atoms with van der Waals surface area (Å²) in [5.41, 5.74) is 2.20. The fourth-order valence-corrected chi connectivity index (χ4v) is 3.29. The monoisotopic (exact) mass is 415 g/mol. The van der Waals surface area contributed by atoms with E-state index >= 15 is 0 Å². The number of hydrogen-bond donors (Lipinski definition) is 0. The van der Waals surface area contributed by atoms with Crippen molar-refractivity contribution in [2.45, 2.75) is 13.5 Å². The van der Waals surface area contributed by atoms with E-state index in [2.05, 4.69) is 15.2 Å². The third-order valence-electron chi connectivity index (χ3n) is 4.12. The van der Waals surface area contributed by atoms with Crippen molar-refractivity contribution in [3.05, 3.63) is 64.1 Å². The van der Waals surface area contributed by atoms with Crippen molar-refractivity contribution < 1.29 is 13.9 Å². The number of hydrogen-bond acceptors (Lipinski definition) is 6. The van der Waals surface area contributed by atoms with Crippen LogP contribution in [0.25, 0.3) is 22.4 Å². The van der Waals surface area contributed by atoms with E-state index in [0.717, 1.165) is 22.4 Å². The van der Waals surface area contributed by atoms with Gasteiger partial charge in [-0.1, -0.05) is 23.2 Å². The number of nitrogens with zero attached hydrogens (tertiary/aromatic N) is 3. The van der Waals surface area contributed by atoms with E-state index < -0.39 is 0 Å². The van der Waals surface area contributed by atoms with Crippen molar-refractivity contribution in [2.24, 2.45) is 0 Å². The van der Waals surface area contributed by atoms with Gasteiger partial charge in [-0.25, -0.2) is 4.98 Å². The summed E-state index contributed by atoms with van der Waals surface area (Å²) >= 11 is 12.6. The molecule has 0 radical (unpaired) electrons. The van der Waals surface area contributed by atoms with Crippen LogP contribution in [0.5, 0.6) is 11.5 Å². The molecule has 0 fully saturated rings. The Balaban J connectivity index is 1.58. The molecule has 0 aliphatic carbocycles. The summed E-state index contributed by atoms with van der Waals surface area (Å²) in [6.45, 7) is 1.94. The molecule has 6 nitrogen and oxygen atoms in total. The topological polar surface area (TPSA) is 70.3 Å². The molecule has 0 spiro atoms. The molecule has 0 N–H and O–H groups in total. The predicted octanol–water partition coefficient (Wildman–Crippen LogP) is 5.49. The molecule has 0 unspecified atom stereocenters. The summed E-state index contributed by atoms with van der Waals surface area (Å²) in [7, 11) is 1.61. The fourth-order valence-electron chi connectivity index (χ4n) is 2.72. The molecule has 4 aromatic rings. The van der Waals surface area contributed by atoms with Crippen LogP contribution in [-0.4, -0.2) is 22.3 Å². The van der Waals surface area contributed by atoms with Crippen LogP contribution in [0.3, 0.4) is 0 Å². The highest BCUT2D eigenvalue weighted by molar-refractivity contribution is 6.39. The molecule has 0 bridgehead atoms. The van der Waals surface area contributed by atoms with Gasteiger partial charge < -0.3 is 13.9 Å². The summed E-state index contributed by atoms with van der Waals surface area (Å²) < 4.78 is 16.7. The zero-order valence-electron chi connectivity index (χ0n) is 15.1. The lowest BCUT2D eigenvalue weighted by molar-refractivity contribution is 0.267. The van der Waals surface area contributed by atoms with E-state index in [1.165, 1.54) is 0 Å². The van der Waals surface area contributed by atoms with Crippen molar-refractivity contribution in [3.63, 3.8) is 0 Å². The minimum absolute atomic E-state index is 0.0508. The molecule has 0 amide bonds. The van der Waals surface area contributed by atoms with Gasteiger partial charge in [0.15, 0.2) is 12.4 Å². The van der Waals surface area contributed by atoms with E-state index in [9.17, 15) is 0 Å². The smallest absolute Gasteiger partial charge is 0.254 e. The first-order valence-corrected chi connectivity index (χ1v) is 9.15. The number of benzene rings is 2. The van der Waals surface area contributed by atoms with Crippen molar-refractivity contribution >= 4 is 34.1 Å². The lowest BCUT2D eigenvalue weighted by Crippen LogP contribution is -1.99. The predicted molar refractivity (Wildman–Crippen MR) is 107 cm³/mol. The molecule has 142 valence electrons. The zero-order chi connectivity index (χ0) is 19.7. The normalized spacial score (nSPS) is 11.0. The van der Waals surface area contributed by atoms with Gasteiger partial charge >= 0.3 is 0 Å². The number of rotatable bonds is 5. The number of methoxy groups -OCH3 is 1. The lowest BCUT2D eigenvalue weighted by Gasteiger charge is -2.11. The number of aromatic nitrogens is 3. The lowest BCUT2D eigenvalue weighted by atomic mass is 10.2. The highest BCUT2D eigenvalue weighted by Gasteiger charge is 2.15. The second-order valence-electron chi connectivity index (χ2n) is 6.04. The van der Waals surface area contributed by atoms with Crippen LogP contribution in [0.15, 0.2) is 46.9 Å². The van der Waals surface area contributed by atoms with Crippen LogP contribution >= 0.6 is 23.2 Å². The molecule has 0 saturated carbocycles. The summed E-state index contributed by atoms with van der Waals surface area (Å²) in [6.07, 6.45) is 0. The van der Waals surface area contributed by atoms with Crippen molar-refractivity contribution in [3.8, 4) is 23.0 Å². The minimum Gasteiger partial charge on any atom is -0.497 e. The van der Waals surface area contributed by atoms with Gasteiger partial charge in [0.2, 0.25) is 5.89 Å². The van der Waals surface area contributed by atoms with E-state index in [0.29, 0.717) is 33.1 Å². The van der Waals surface area contributed by atoms with Crippen LogP contribution in [0.4, 0.5) is 0 Å². The Morgan fingerprint density at radius 1 is 1.00 bits per heavy atom. The molecule has 4 rings (SSSR count). The second-order valence-corrected chi connectivity index (χ2v) is 6.85. The Kier molecular flexibility index (Phi) is 5.07. The van der Waals surface area contributed by atoms with Crippen LogP contribution in [0.1, 0.15) is 11.6 Å². The molecule has 0 atom stereocenters. The highest BCUT2D eigenvalue weighted by Crippen LogP contribution is 2.37. The molecule has 0 saturated heterocycles. The average Bonchev–Trinajstić information content (AvgIpc) is 3.16. The number of fused-ring (bicyclic) bond motifs is 1. The van der Waals surface area contributed by atoms with Crippen molar-refractivity contribution in [2.75, 3.05) is 7.11 Å². The van der Waals surface area contributed by atoms with Crippen molar-refractivity contribution in [1.82, 2.24) is 15.2 Å². The second kappa shape index (κ2) is 7.66. The molecular weight excluding hydrogens is 401 g/mol. The first-order chi connectivity index (χ1) is 13.5. The Morgan fingerprint density at radius 2 is 1.79 bits per heavy atom. The van der Waals surface area contributed by atoms with Gasteiger partial charge in [-0.2, -0.15) is 0 Å². The van der Waals surface area contributed by atoms with Gasteiger partial charge in [0, 0.05) is 16.6 Å². The highest BCUT2D eigenvalue weighted by atomic mass is 35.5. The maximum absolute atomic E-state index is 6.33. The van der Waals surface area contributed by atoms with E-state index in [4.69, 9.17) is 37.1 Å². The van der Waals surface area contributed by atoms with Crippen molar-refractivity contribution in [1.29, 1.82) is 0 Å². The number of ether oxygens (including phenoxy) is 2. The van der Waals surface area contributed by atoms with Gasteiger partial charge in [0.05, 0.1) is 17.2 Å². The van der Waals surface area contributed by atoms with Gasteiger partial charge in [0.25, 0.3) is 5.89 Å². The van der Waals surface area contributed by atoms with Gasteiger partial charge in [-0.3, -0.25) is 0 Å². The molecule has 0 aliphatic heterocycles. The number of pyridine rings is 1. The third kappa shape index (κ3) is 3.61. The maximum Gasteiger partial charge on any atom is 0.254 e. The number of halogens is 2. The van der Waals surface area contributed by atoms with Crippen LogP contribution < -0.4 is 9.47 Å². The molecule has 2 heterocycles. The molecule has 0 aliphatic rings. The Labute approximate surface area is 171 Å². The maximum atomic E-state index is 6.33.